The van der Waals surface area contributed by atoms with Crippen LogP contribution in [0.5, 0.6) is 11.5 Å². The van der Waals surface area contributed by atoms with Gasteiger partial charge in [-0.05, 0) is 73.0 Å². The van der Waals surface area contributed by atoms with Crippen molar-refractivity contribution in [2.45, 2.75) is 20.0 Å². The molecule has 0 aliphatic heterocycles. The minimum Gasteiger partial charge on any atom is -0.493 e. The molecule has 0 aliphatic rings. The second kappa shape index (κ2) is 12.1. The molecule has 0 aliphatic carbocycles. The van der Waals surface area contributed by atoms with Crippen molar-refractivity contribution >= 4 is 44.0 Å². The van der Waals surface area contributed by atoms with Crippen LogP contribution in [-0.4, -0.2) is 23.0 Å². The van der Waals surface area contributed by atoms with E-state index >= 15 is 0 Å². The molecule has 2 aromatic heterocycles. The van der Waals surface area contributed by atoms with Crippen molar-refractivity contribution < 1.29 is 13.9 Å². The number of aromatic nitrogens is 2. The predicted molar refractivity (Wildman–Crippen MR) is 174 cm³/mol. The number of ether oxygens (including phenoxy) is 2. The molecular formula is C35H28BrN3O4. The number of hydrogen-bond donors (Lipinski definition) is 0. The summed E-state index contributed by atoms with van der Waals surface area (Å²) in [6, 6.07) is 26.7. The summed E-state index contributed by atoms with van der Waals surface area (Å²) in [5, 5.41) is 5.95. The number of nitrogens with zero attached hydrogens (tertiary/aromatic N) is 3. The fraction of sp³-hybridized carbons (Fsp3) is 0.114. The van der Waals surface area contributed by atoms with E-state index in [0.29, 0.717) is 52.6 Å². The Morgan fingerprint density at radius 3 is 2.72 bits per heavy atom. The molecule has 0 saturated heterocycles. The minimum atomic E-state index is -0.310. The van der Waals surface area contributed by atoms with E-state index in [1.54, 1.807) is 31.5 Å². The van der Waals surface area contributed by atoms with Gasteiger partial charge in [0.25, 0.3) is 5.56 Å². The van der Waals surface area contributed by atoms with Gasteiger partial charge in [0.2, 0.25) is 5.82 Å². The van der Waals surface area contributed by atoms with Crippen molar-refractivity contribution in [1.82, 2.24) is 9.66 Å². The summed E-state index contributed by atoms with van der Waals surface area (Å²) >= 11 is 3.50. The SMILES string of the molecule is C=CCc1cc(C=Nn2c(-c3cc4cc(Br)ccc4o3)nc3ccccc3c2=O)cc(OC)c1OCc1cccc(C)c1. The molecule has 0 fully saturated rings. The number of aryl methyl sites for hydroxylation is 1. The zero-order valence-electron chi connectivity index (χ0n) is 23.7. The van der Waals surface area contributed by atoms with Crippen LogP contribution in [0.4, 0.5) is 0 Å². The first-order valence-corrected chi connectivity index (χ1v) is 14.5. The maximum atomic E-state index is 13.7. The highest BCUT2D eigenvalue weighted by Crippen LogP contribution is 2.34. The van der Waals surface area contributed by atoms with E-state index in [2.05, 4.69) is 46.7 Å². The summed E-state index contributed by atoms with van der Waals surface area (Å²) in [5.74, 6) is 1.92. The Labute approximate surface area is 256 Å². The topological polar surface area (TPSA) is 78.9 Å². The fourth-order valence-electron chi connectivity index (χ4n) is 4.98. The predicted octanol–water partition coefficient (Wildman–Crippen LogP) is 8.08. The highest BCUT2D eigenvalue weighted by atomic mass is 79.9. The Bertz CT molecular complexity index is 2080. The molecule has 0 N–H and O–H groups in total. The van der Waals surface area contributed by atoms with Crippen LogP contribution >= 0.6 is 15.9 Å². The van der Waals surface area contributed by atoms with Crippen molar-refractivity contribution in [3.63, 3.8) is 0 Å². The van der Waals surface area contributed by atoms with E-state index < -0.39 is 0 Å². The van der Waals surface area contributed by atoms with Gasteiger partial charge in [0.05, 0.1) is 24.2 Å². The lowest BCUT2D eigenvalue weighted by Gasteiger charge is -2.16. The van der Waals surface area contributed by atoms with Crippen LogP contribution in [0.1, 0.15) is 22.3 Å². The molecular weight excluding hydrogens is 606 g/mol. The van der Waals surface area contributed by atoms with Gasteiger partial charge in [-0.1, -0.05) is 64.0 Å². The van der Waals surface area contributed by atoms with Gasteiger partial charge in [-0.25, -0.2) is 4.98 Å². The molecule has 214 valence electrons. The average Bonchev–Trinajstić information content (AvgIpc) is 3.43. The first-order chi connectivity index (χ1) is 20.9. The van der Waals surface area contributed by atoms with Crippen LogP contribution in [0, 0.1) is 6.92 Å². The van der Waals surface area contributed by atoms with Gasteiger partial charge in [-0.3, -0.25) is 4.79 Å². The molecule has 8 heteroatoms. The van der Waals surface area contributed by atoms with E-state index in [9.17, 15) is 4.79 Å². The standard InChI is InChI=1S/C35H28BrN3O4/c1-4-8-25-16-24(17-31(41-3)33(25)42-21-23-10-7-9-22(2)15-23)20-37-39-34(38-29-12-6-5-11-28(29)35(39)40)32-19-26-18-27(36)13-14-30(26)43-32/h4-7,9-20H,1,8,21H2,2-3H3. The van der Waals surface area contributed by atoms with Gasteiger partial charge >= 0.3 is 0 Å². The Morgan fingerprint density at radius 1 is 1.05 bits per heavy atom. The summed E-state index contributed by atoms with van der Waals surface area (Å²) in [6.45, 7) is 6.36. The average molecular weight is 635 g/mol. The van der Waals surface area contributed by atoms with Crippen molar-refractivity contribution in [2.75, 3.05) is 7.11 Å². The summed E-state index contributed by atoms with van der Waals surface area (Å²) in [5.41, 5.74) is 4.75. The fourth-order valence-corrected chi connectivity index (χ4v) is 5.36. The summed E-state index contributed by atoms with van der Waals surface area (Å²) in [4.78, 5) is 18.5. The second-order valence-electron chi connectivity index (χ2n) is 10.1. The lowest BCUT2D eigenvalue weighted by atomic mass is 10.1. The van der Waals surface area contributed by atoms with Gasteiger partial charge in [0, 0.05) is 15.4 Å². The van der Waals surface area contributed by atoms with Crippen molar-refractivity contribution in [3.05, 3.63) is 135 Å². The monoisotopic (exact) mass is 633 g/mol. The van der Waals surface area contributed by atoms with Gasteiger partial charge in [0.15, 0.2) is 17.3 Å². The Morgan fingerprint density at radius 2 is 1.91 bits per heavy atom. The van der Waals surface area contributed by atoms with E-state index in [1.807, 2.05) is 60.7 Å². The maximum Gasteiger partial charge on any atom is 0.282 e. The number of methoxy groups -OCH3 is 1. The molecule has 6 rings (SSSR count). The van der Waals surface area contributed by atoms with E-state index in [0.717, 1.165) is 26.5 Å². The summed E-state index contributed by atoms with van der Waals surface area (Å²) in [7, 11) is 1.60. The minimum absolute atomic E-state index is 0.295. The molecule has 0 bridgehead atoms. The van der Waals surface area contributed by atoms with Crippen LogP contribution in [0.25, 0.3) is 33.5 Å². The quantitative estimate of drug-likeness (QED) is 0.119. The molecule has 0 spiro atoms. The lowest BCUT2D eigenvalue weighted by Crippen LogP contribution is -2.20. The van der Waals surface area contributed by atoms with Gasteiger partial charge in [0.1, 0.15) is 12.2 Å². The third kappa shape index (κ3) is 5.87. The lowest BCUT2D eigenvalue weighted by molar-refractivity contribution is 0.282. The molecule has 0 atom stereocenters. The van der Waals surface area contributed by atoms with Crippen LogP contribution in [0.2, 0.25) is 0 Å². The van der Waals surface area contributed by atoms with Crippen LogP contribution in [0.3, 0.4) is 0 Å². The van der Waals surface area contributed by atoms with Crippen LogP contribution in [0.15, 0.2) is 116 Å². The largest absolute Gasteiger partial charge is 0.493 e. The number of allylic oxidation sites excluding steroid dienone is 1. The smallest absolute Gasteiger partial charge is 0.282 e. The zero-order valence-corrected chi connectivity index (χ0v) is 25.3. The van der Waals surface area contributed by atoms with E-state index in [4.69, 9.17) is 18.9 Å². The first kappa shape index (κ1) is 28.2. The van der Waals surface area contributed by atoms with E-state index in [-0.39, 0.29) is 5.56 Å². The molecule has 0 unspecified atom stereocenters. The van der Waals surface area contributed by atoms with Gasteiger partial charge in [-0.15, -0.1) is 6.58 Å². The molecule has 2 heterocycles. The number of hydrogen-bond acceptors (Lipinski definition) is 6. The number of halogens is 1. The highest BCUT2D eigenvalue weighted by molar-refractivity contribution is 9.10. The molecule has 0 saturated carbocycles. The molecule has 0 amide bonds. The number of fused-ring (bicyclic) bond motifs is 2. The number of benzene rings is 4. The van der Waals surface area contributed by atoms with Crippen molar-refractivity contribution in [2.24, 2.45) is 5.10 Å². The summed E-state index contributed by atoms with van der Waals surface area (Å²) in [6.07, 6.45) is 3.98. The molecule has 43 heavy (non-hydrogen) atoms. The molecule has 7 nitrogen and oxygen atoms in total. The normalized spacial score (nSPS) is 11.4. The Kier molecular flexibility index (Phi) is 7.94. The third-order valence-electron chi connectivity index (χ3n) is 6.98. The zero-order chi connectivity index (χ0) is 29.9. The molecule has 0 radical (unpaired) electrons. The Balaban J connectivity index is 1.43. The Hall–Kier alpha value is -4.95. The number of furan rings is 1. The molecule has 6 aromatic rings. The second-order valence-corrected chi connectivity index (χ2v) is 11.0. The maximum absolute atomic E-state index is 13.7. The first-order valence-electron chi connectivity index (χ1n) is 13.7. The van der Waals surface area contributed by atoms with Crippen molar-refractivity contribution in [1.29, 1.82) is 0 Å². The van der Waals surface area contributed by atoms with Crippen molar-refractivity contribution in [3.8, 4) is 23.1 Å². The van der Waals surface area contributed by atoms with Crippen LogP contribution in [-0.2, 0) is 13.0 Å². The van der Waals surface area contributed by atoms with Gasteiger partial charge < -0.3 is 13.9 Å². The third-order valence-corrected chi connectivity index (χ3v) is 7.47. The van der Waals surface area contributed by atoms with Gasteiger partial charge in [-0.2, -0.15) is 9.78 Å². The number of para-hydroxylation sites is 1. The molecule has 4 aromatic carbocycles. The van der Waals surface area contributed by atoms with E-state index in [1.165, 1.54) is 10.2 Å². The van der Waals surface area contributed by atoms with Crippen LogP contribution < -0.4 is 15.0 Å². The highest BCUT2D eigenvalue weighted by Gasteiger charge is 2.17. The summed E-state index contributed by atoms with van der Waals surface area (Å²) < 4.78 is 20.3. The number of rotatable bonds is 9.